The summed E-state index contributed by atoms with van der Waals surface area (Å²) >= 11 is 0. The standard InChI is InChI=1S/C28H35N3O4/c1-21(30-15-17-34-18-16-30)31-20-25(23-6-2-4-8-26(23)31)22-10-12-29(13-11-22)14-19-35-27-9-5-3-7-24(27)28(32)33/h2-9,20-22H,10-19H2,1H3,(H,32,33). The van der Waals surface area contributed by atoms with Crippen LogP contribution in [0.5, 0.6) is 5.75 Å². The van der Waals surface area contributed by atoms with Gasteiger partial charge in [0.15, 0.2) is 0 Å². The number of hydrogen-bond acceptors (Lipinski definition) is 5. The van der Waals surface area contributed by atoms with Crippen LogP contribution in [0.1, 0.15) is 47.8 Å². The quantitative estimate of drug-likeness (QED) is 0.517. The zero-order chi connectivity index (χ0) is 24.2. The number of aromatic carboxylic acids is 1. The highest BCUT2D eigenvalue weighted by molar-refractivity contribution is 5.90. The van der Waals surface area contributed by atoms with Crippen molar-refractivity contribution in [3.63, 3.8) is 0 Å². The molecule has 3 heterocycles. The molecule has 7 nitrogen and oxygen atoms in total. The lowest BCUT2D eigenvalue weighted by Crippen LogP contribution is -2.40. The molecule has 7 heteroatoms. The third-order valence-electron chi connectivity index (χ3n) is 7.56. The van der Waals surface area contributed by atoms with Crippen LogP contribution in [0, 0.1) is 0 Å². The molecule has 2 saturated heterocycles. The predicted molar refractivity (Wildman–Crippen MR) is 136 cm³/mol. The lowest BCUT2D eigenvalue weighted by atomic mass is 9.89. The lowest BCUT2D eigenvalue weighted by molar-refractivity contribution is 0.00473. The maximum absolute atomic E-state index is 11.4. The van der Waals surface area contributed by atoms with E-state index < -0.39 is 5.97 Å². The summed E-state index contributed by atoms with van der Waals surface area (Å²) in [7, 11) is 0. The van der Waals surface area contributed by atoms with Crippen LogP contribution in [0.25, 0.3) is 10.9 Å². The van der Waals surface area contributed by atoms with Gasteiger partial charge in [-0.3, -0.25) is 9.80 Å². The van der Waals surface area contributed by atoms with Crippen molar-refractivity contribution >= 4 is 16.9 Å². The SMILES string of the molecule is CC(N1CCOCC1)n1cc(C2CCN(CCOc3ccccc3C(=O)O)CC2)c2ccccc21. The maximum atomic E-state index is 11.4. The normalized spacial score (nSPS) is 19.1. The van der Waals surface area contributed by atoms with Crippen LogP contribution in [0.15, 0.2) is 54.7 Å². The van der Waals surface area contributed by atoms with Gasteiger partial charge in [0.05, 0.1) is 19.4 Å². The fourth-order valence-corrected chi connectivity index (χ4v) is 5.51. The topological polar surface area (TPSA) is 67.2 Å². The summed E-state index contributed by atoms with van der Waals surface area (Å²) in [5.74, 6) is 0.0311. The van der Waals surface area contributed by atoms with Gasteiger partial charge in [0, 0.05) is 36.7 Å². The maximum Gasteiger partial charge on any atom is 0.339 e. The highest BCUT2D eigenvalue weighted by Crippen LogP contribution is 2.36. The Morgan fingerprint density at radius 1 is 1.06 bits per heavy atom. The summed E-state index contributed by atoms with van der Waals surface area (Å²) in [6.07, 6.45) is 4.94. The third kappa shape index (κ3) is 5.22. The number of hydrogen-bond donors (Lipinski definition) is 1. The van der Waals surface area contributed by atoms with Crippen molar-refractivity contribution in [2.24, 2.45) is 0 Å². The van der Waals surface area contributed by atoms with Crippen molar-refractivity contribution in [1.29, 1.82) is 0 Å². The molecular weight excluding hydrogens is 442 g/mol. The van der Waals surface area contributed by atoms with Crippen LogP contribution in [0.3, 0.4) is 0 Å². The second-order valence-electron chi connectivity index (χ2n) is 9.55. The van der Waals surface area contributed by atoms with E-state index in [1.54, 1.807) is 18.2 Å². The second-order valence-corrected chi connectivity index (χ2v) is 9.55. The number of fused-ring (bicyclic) bond motifs is 1. The Kier molecular flexibility index (Phi) is 7.37. The molecule has 0 bridgehead atoms. The summed E-state index contributed by atoms with van der Waals surface area (Å²) in [4.78, 5) is 16.3. The summed E-state index contributed by atoms with van der Waals surface area (Å²) in [6.45, 7) is 9.19. The van der Waals surface area contributed by atoms with E-state index in [0.717, 1.165) is 58.8 Å². The average Bonchev–Trinajstić information content (AvgIpc) is 3.29. The molecule has 0 saturated carbocycles. The molecule has 1 N–H and O–H groups in total. The largest absolute Gasteiger partial charge is 0.491 e. The van der Waals surface area contributed by atoms with E-state index in [1.807, 2.05) is 6.07 Å². The van der Waals surface area contributed by atoms with Crippen molar-refractivity contribution in [2.75, 3.05) is 52.5 Å². The summed E-state index contributed by atoms with van der Waals surface area (Å²) < 4.78 is 13.8. The number of nitrogens with zero attached hydrogens (tertiary/aromatic N) is 3. The van der Waals surface area contributed by atoms with Crippen LogP contribution in [0.2, 0.25) is 0 Å². The first kappa shape index (κ1) is 23.9. The first-order valence-corrected chi connectivity index (χ1v) is 12.7. The first-order chi connectivity index (χ1) is 17.1. The molecule has 2 aromatic carbocycles. The number of ether oxygens (including phenoxy) is 2. The van der Waals surface area contributed by atoms with Gasteiger partial charge >= 0.3 is 5.97 Å². The Balaban J connectivity index is 1.21. The Bertz CT molecular complexity index is 1150. The van der Waals surface area contributed by atoms with Gasteiger partial charge in [0.2, 0.25) is 0 Å². The van der Waals surface area contributed by atoms with Crippen LogP contribution in [0.4, 0.5) is 0 Å². The average molecular weight is 478 g/mol. The highest BCUT2D eigenvalue weighted by atomic mass is 16.5. The number of morpholine rings is 1. The van der Waals surface area contributed by atoms with E-state index in [0.29, 0.717) is 24.4 Å². The zero-order valence-electron chi connectivity index (χ0n) is 20.4. The van der Waals surface area contributed by atoms with Crippen molar-refractivity contribution < 1.29 is 19.4 Å². The van der Waals surface area contributed by atoms with Gasteiger partial charge in [0.1, 0.15) is 17.9 Å². The molecular formula is C28H35N3O4. The molecule has 0 aliphatic carbocycles. The number of piperidine rings is 1. The van der Waals surface area contributed by atoms with Gasteiger partial charge in [0.25, 0.3) is 0 Å². The van der Waals surface area contributed by atoms with Gasteiger partial charge in [-0.2, -0.15) is 0 Å². The number of carbonyl (C=O) groups is 1. The number of benzene rings is 2. The van der Waals surface area contributed by atoms with Crippen LogP contribution < -0.4 is 4.74 Å². The first-order valence-electron chi connectivity index (χ1n) is 12.7. The van der Waals surface area contributed by atoms with E-state index >= 15 is 0 Å². The Labute approximate surface area is 206 Å². The number of rotatable bonds is 8. The summed E-state index contributed by atoms with van der Waals surface area (Å²) in [6, 6.07) is 15.6. The Morgan fingerprint density at radius 2 is 1.77 bits per heavy atom. The monoisotopic (exact) mass is 477 g/mol. The lowest BCUT2D eigenvalue weighted by Gasteiger charge is -2.33. The van der Waals surface area contributed by atoms with Crippen LogP contribution >= 0.6 is 0 Å². The third-order valence-corrected chi connectivity index (χ3v) is 7.56. The predicted octanol–water partition coefficient (Wildman–Crippen LogP) is 4.45. The second kappa shape index (κ2) is 10.8. The van der Waals surface area contributed by atoms with Gasteiger partial charge in [-0.1, -0.05) is 30.3 Å². The molecule has 0 spiro atoms. The fourth-order valence-electron chi connectivity index (χ4n) is 5.51. The minimum Gasteiger partial charge on any atom is -0.491 e. The van der Waals surface area contributed by atoms with E-state index in [1.165, 1.54) is 16.5 Å². The highest BCUT2D eigenvalue weighted by Gasteiger charge is 2.26. The van der Waals surface area contributed by atoms with Crippen molar-refractivity contribution in [3.05, 3.63) is 65.9 Å². The Morgan fingerprint density at radius 3 is 2.54 bits per heavy atom. The van der Waals surface area contributed by atoms with E-state index in [-0.39, 0.29) is 5.56 Å². The molecule has 5 rings (SSSR count). The molecule has 2 fully saturated rings. The fraction of sp³-hybridized carbons (Fsp3) is 0.464. The molecule has 186 valence electrons. The molecule has 1 atom stereocenters. The van der Waals surface area contributed by atoms with E-state index in [9.17, 15) is 9.90 Å². The molecule has 2 aliphatic heterocycles. The number of aromatic nitrogens is 1. The summed E-state index contributed by atoms with van der Waals surface area (Å²) in [5.41, 5.74) is 3.00. The number of likely N-dealkylation sites (tertiary alicyclic amines) is 1. The number of para-hydroxylation sites is 2. The minimum atomic E-state index is -0.955. The minimum absolute atomic E-state index is 0.217. The van der Waals surface area contributed by atoms with Gasteiger partial charge in [-0.05, 0) is 62.5 Å². The van der Waals surface area contributed by atoms with Gasteiger partial charge in [-0.15, -0.1) is 0 Å². The molecule has 1 unspecified atom stereocenters. The van der Waals surface area contributed by atoms with Crippen molar-refractivity contribution in [1.82, 2.24) is 14.4 Å². The smallest absolute Gasteiger partial charge is 0.339 e. The van der Waals surface area contributed by atoms with Crippen LogP contribution in [-0.2, 0) is 4.74 Å². The zero-order valence-corrected chi connectivity index (χ0v) is 20.4. The van der Waals surface area contributed by atoms with E-state index in [4.69, 9.17) is 9.47 Å². The van der Waals surface area contributed by atoms with Gasteiger partial charge < -0.3 is 19.1 Å². The molecule has 1 aromatic heterocycles. The van der Waals surface area contributed by atoms with Gasteiger partial charge in [-0.25, -0.2) is 4.79 Å². The number of carboxylic acid groups (broad SMARTS) is 1. The molecule has 3 aromatic rings. The molecule has 35 heavy (non-hydrogen) atoms. The molecule has 0 radical (unpaired) electrons. The summed E-state index contributed by atoms with van der Waals surface area (Å²) in [5, 5.41) is 10.7. The molecule has 2 aliphatic rings. The van der Waals surface area contributed by atoms with E-state index in [2.05, 4.69) is 51.8 Å². The Hall–Kier alpha value is -2.87. The van der Waals surface area contributed by atoms with Crippen LogP contribution in [-0.4, -0.2) is 78.0 Å². The van der Waals surface area contributed by atoms with Crippen molar-refractivity contribution in [2.45, 2.75) is 31.8 Å². The number of carboxylic acids is 1. The van der Waals surface area contributed by atoms with Crippen molar-refractivity contribution in [3.8, 4) is 5.75 Å². The molecule has 0 amide bonds.